The van der Waals surface area contributed by atoms with Gasteiger partial charge >= 0.3 is 0 Å². The van der Waals surface area contributed by atoms with E-state index in [1.807, 2.05) is 72.8 Å². The number of para-hydroxylation sites is 1. The topological polar surface area (TPSA) is 38.3 Å². The zero-order valence-electron chi connectivity index (χ0n) is 16.4. The summed E-state index contributed by atoms with van der Waals surface area (Å²) < 4.78 is 6.54. The largest absolute Gasteiger partial charge is 0.496 e. The van der Waals surface area contributed by atoms with Crippen LogP contribution in [0.25, 0.3) is 10.8 Å². The molecule has 0 saturated carbocycles. The number of rotatable bonds is 6. The summed E-state index contributed by atoms with van der Waals surface area (Å²) in [5.74, 6) is 0.636. The zero-order valence-corrected chi connectivity index (χ0v) is 18.8. The first-order valence-corrected chi connectivity index (χ1v) is 11.1. The van der Waals surface area contributed by atoms with E-state index in [0.717, 1.165) is 36.3 Å². The molecule has 1 N–H and O–H groups in total. The van der Waals surface area contributed by atoms with E-state index in [0.29, 0.717) is 5.75 Å². The first-order chi connectivity index (χ1) is 14.6. The van der Waals surface area contributed by atoms with Crippen molar-refractivity contribution >= 4 is 50.1 Å². The highest BCUT2D eigenvalue weighted by atomic mass is 79.9. The third-order valence-corrected chi connectivity index (χ3v) is 6.32. The lowest BCUT2D eigenvalue weighted by atomic mass is 10.0. The molecule has 150 valence electrons. The highest BCUT2D eigenvalue weighted by Gasteiger charge is 2.15. The maximum absolute atomic E-state index is 13.0. The number of amides is 1. The second-order valence-electron chi connectivity index (χ2n) is 6.75. The van der Waals surface area contributed by atoms with Crippen LogP contribution in [0.5, 0.6) is 5.75 Å². The number of methoxy groups -OCH3 is 1. The van der Waals surface area contributed by atoms with Crippen LogP contribution in [0, 0.1) is 0 Å². The molecule has 0 aliphatic rings. The number of halogens is 1. The van der Waals surface area contributed by atoms with E-state index in [-0.39, 0.29) is 12.3 Å². The molecule has 0 unspecified atom stereocenters. The smallest absolute Gasteiger partial charge is 0.228 e. The predicted octanol–water partition coefficient (Wildman–Crippen LogP) is 6.94. The van der Waals surface area contributed by atoms with Crippen molar-refractivity contribution in [2.45, 2.75) is 16.2 Å². The van der Waals surface area contributed by atoms with Crippen LogP contribution in [0.15, 0.2) is 99.2 Å². The first-order valence-electron chi connectivity index (χ1n) is 9.51. The van der Waals surface area contributed by atoms with Gasteiger partial charge in [0.2, 0.25) is 5.91 Å². The molecule has 3 nitrogen and oxygen atoms in total. The van der Waals surface area contributed by atoms with Gasteiger partial charge in [0.25, 0.3) is 0 Å². The van der Waals surface area contributed by atoms with Crippen molar-refractivity contribution in [1.29, 1.82) is 0 Å². The third kappa shape index (κ3) is 4.69. The van der Waals surface area contributed by atoms with Crippen molar-refractivity contribution in [3.05, 3.63) is 95.0 Å². The molecule has 0 heterocycles. The number of nitrogens with one attached hydrogen (secondary N) is 1. The molecule has 30 heavy (non-hydrogen) atoms. The molecule has 0 aliphatic heterocycles. The molecule has 0 atom stereocenters. The Morgan fingerprint density at radius 2 is 1.73 bits per heavy atom. The fourth-order valence-corrected chi connectivity index (χ4v) is 4.65. The summed E-state index contributed by atoms with van der Waals surface area (Å²) in [5.41, 5.74) is 1.69. The summed E-state index contributed by atoms with van der Waals surface area (Å²) in [4.78, 5) is 15.1. The molecule has 0 spiro atoms. The van der Waals surface area contributed by atoms with Gasteiger partial charge in [-0.15, -0.1) is 0 Å². The maximum atomic E-state index is 13.0. The summed E-state index contributed by atoms with van der Waals surface area (Å²) in [7, 11) is 1.63. The Kier molecular flexibility index (Phi) is 6.41. The number of hydrogen-bond donors (Lipinski definition) is 1. The number of carbonyl (C=O) groups is 1. The normalized spacial score (nSPS) is 10.7. The van der Waals surface area contributed by atoms with Gasteiger partial charge in [0, 0.05) is 19.8 Å². The lowest BCUT2D eigenvalue weighted by molar-refractivity contribution is -0.115. The number of hydrogen-bond acceptors (Lipinski definition) is 3. The average molecular weight is 478 g/mol. The number of anilines is 1. The van der Waals surface area contributed by atoms with E-state index in [2.05, 4.69) is 33.4 Å². The average Bonchev–Trinajstić information content (AvgIpc) is 2.76. The quantitative estimate of drug-likeness (QED) is 0.326. The van der Waals surface area contributed by atoms with Gasteiger partial charge in [-0.25, -0.2) is 0 Å². The number of ether oxygens (including phenoxy) is 1. The minimum atomic E-state index is -0.0789. The lowest BCUT2D eigenvalue weighted by Crippen LogP contribution is -2.15. The van der Waals surface area contributed by atoms with Gasteiger partial charge in [-0.3, -0.25) is 4.79 Å². The minimum Gasteiger partial charge on any atom is -0.496 e. The Morgan fingerprint density at radius 3 is 2.53 bits per heavy atom. The molecule has 4 rings (SSSR count). The van der Waals surface area contributed by atoms with Crippen molar-refractivity contribution < 1.29 is 9.53 Å². The molecule has 1 amide bonds. The minimum absolute atomic E-state index is 0.0789. The highest BCUT2D eigenvalue weighted by Crippen LogP contribution is 2.34. The summed E-state index contributed by atoms with van der Waals surface area (Å²) in [6, 6.07) is 27.9. The third-order valence-electron chi connectivity index (χ3n) is 4.74. The standard InChI is InChI=1S/C25H20BrNO2S/c1-29-23-14-11-17-15-18(26)12-13-20(17)21(23)16-25(28)27-22-9-5-6-10-24(22)30-19-7-3-2-4-8-19/h2-15H,16H2,1H3,(H,27,28). The van der Waals surface area contributed by atoms with Crippen LogP contribution in [0.1, 0.15) is 5.56 Å². The Labute approximate surface area is 188 Å². The van der Waals surface area contributed by atoms with Gasteiger partial charge in [0.15, 0.2) is 0 Å². The lowest BCUT2D eigenvalue weighted by Gasteiger charge is -2.14. The SMILES string of the molecule is COc1ccc2cc(Br)ccc2c1CC(=O)Nc1ccccc1Sc1ccccc1. The van der Waals surface area contributed by atoms with Gasteiger partial charge in [0.05, 0.1) is 19.2 Å². The first kappa shape index (κ1) is 20.5. The van der Waals surface area contributed by atoms with Crippen LogP contribution in [0.4, 0.5) is 5.69 Å². The molecule has 0 saturated heterocycles. The number of benzene rings is 4. The molecule has 5 heteroatoms. The van der Waals surface area contributed by atoms with Crippen molar-refractivity contribution in [3.8, 4) is 5.75 Å². The van der Waals surface area contributed by atoms with E-state index >= 15 is 0 Å². The van der Waals surface area contributed by atoms with Crippen LogP contribution in [0.3, 0.4) is 0 Å². The molecular formula is C25H20BrNO2S. The molecule has 0 bridgehead atoms. The van der Waals surface area contributed by atoms with E-state index < -0.39 is 0 Å². The van der Waals surface area contributed by atoms with Crippen molar-refractivity contribution in [2.75, 3.05) is 12.4 Å². The van der Waals surface area contributed by atoms with Gasteiger partial charge in [0.1, 0.15) is 5.75 Å². The predicted molar refractivity (Wildman–Crippen MR) is 128 cm³/mol. The van der Waals surface area contributed by atoms with E-state index in [9.17, 15) is 4.79 Å². The Morgan fingerprint density at radius 1 is 0.967 bits per heavy atom. The molecule has 4 aromatic rings. The van der Waals surface area contributed by atoms with Crippen molar-refractivity contribution in [3.63, 3.8) is 0 Å². The van der Waals surface area contributed by atoms with Gasteiger partial charge in [-0.1, -0.05) is 70.2 Å². The molecule has 0 fully saturated rings. The second kappa shape index (κ2) is 9.37. The molecular weight excluding hydrogens is 458 g/mol. The van der Waals surface area contributed by atoms with Crippen molar-refractivity contribution in [1.82, 2.24) is 0 Å². The van der Waals surface area contributed by atoms with E-state index in [4.69, 9.17) is 4.74 Å². The summed E-state index contributed by atoms with van der Waals surface area (Å²) in [5, 5.41) is 5.16. The van der Waals surface area contributed by atoms with Gasteiger partial charge in [-0.2, -0.15) is 0 Å². The maximum Gasteiger partial charge on any atom is 0.228 e. The van der Waals surface area contributed by atoms with Crippen LogP contribution in [0.2, 0.25) is 0 Å². The number of fused-ring (bicyclic) bond motifs is 1. The summed E-state index contributed by atoms with van der Waals surface area (Å²) in [6.45, 7) is 0. The van der Waals surface area contributed by atoms with Crippen molar-refractivity contribution in [2.24, 2.45) is 0 Å². The van der Waals surface area contributed by atoms with Gasteiger partial charge < -0.3 is 10.1 Å². The van der Waals surface area contributed by atoms with Crippen LogP contribution < -0.4 is 10.1 Å². The number of carbonyl (C=O) groups excluding carboxylic acids is 1. The highest BCUT2D eigenvalue weighted by molar-refractivity contribution is 9.10. The molecule has 0 aromatic heterocycles. The van der Waals surface area contributed by atoms with E-state index in [1.54, 1.807) is 18.9 Å². The fraction of sp³-hybridized carbons (Fsp3) is 0.0800. The van der Waals surface area contributed by atoms with E-state index in [1.165, 1.54) is 0 Å². The summed E-state index contributed by atoms with van der Waals surface area (Å²) >= 11 is 5.14. The second-order valence-corrected chi connectivity index (χ2v) is 8.78. The monoisotopic (exact) mass is 477 g/mol. The molecule has 0 aliphatic carbocycles. The Hall–Kier alpha value is -2.76. The summed E-state index contributed by atoms with van der Waals surface area (Å²) in [6.07, 6.45) is 0.229. The van der Waals surface area contributed by atoms with Crippen LogP contribution in [-0.2, 0) is 11.2 Å². The zero-order chi connectivity index (χ0) is 20.9. The van der Waals surface area contributed by atoms with Crippen LogP contribution in [-0.4, -0.2) is 13.0 Å². The molecule has 4 aromatic carbocycles. The van der Waals surface area contributed by atoms with Crippen LogP contribution >= 0.6 is 27.7 Å². The van der Waals surface area contributed by atoms with Gasteiger partial charge in [-0.05, 0) is 53.2 Å². The fourth-order valence-electron chi connectivity index (χ4n) is 3.35. The Balaban J connectivity index is 1.59. The Bertz CT molecular complexity index is 1190. The molecule has 0 radical (unpaired) electrons.